The highest BCUT2D eigenvalue weighted by atomic mass is 16.5. The van der Waals surface area contributed by atoms with Gasteiger partial charge in [0.15, 0.2) is 0 Å². The first kappa shape index (κ1) is 17.1. The number of fused-ring (bicyclic) bond motifs is 2. The predicted molar refractivity (Wildman–Crippen MR) is 106 cm³/mol. The SMILES string of the molecule is COc1cccc([C@H]2c3c(-c4ccc(C)cc4)n[nH]c(=O)c3Nc3nnnn32)c1. The van der Waals surface area contributed by atoms with Crippen molar-refractivity contribution in [3.8, 4) is 17.0 Å². The van der Waals surface area contributed by atoms with E-state index in [1.165, 1.54) is 0 Å². The first-order chi connectivity index (χ1) is 14.2. The van der Waals surface area contributed by atoms with Gasteiger partial charge in [0, 0.05) is 11.1 Å². The molecule has 144 valence electrons. The zero-order valence-corrected chi connectivity index (χ0v) is 15.7. The van der Waals surface area contributed by atoms with E-state index in [9.17, 15) is 4.79 Å². The Morgan fingerprint density at radius 1 is 1.14 bits per heavy atom. The van der Waals surface area contributed by atoms with E-state index in [0.29, 0.717) is 28.6 Å². The van der Waals surface area contributed by atoms with Gasteiger partial charge in [0.05, 0.1) is 12.8 Å². The van der Waals surface area contributed by atoms with Crippen LogP contribution in [0.25, 0.3) is 11.3 Å². The number of ether oxygens (including phenoxy) is 1. The van der Waals surface area contributed by atoms with Crippen molar-refractivity contribution in [2.45, 2.75) is 13.0 Å². The van der Waals surface area contributed by atoms with E-state index in [4.69, 9.17) is 4.74 Å². The summed E-state index contributed by atoms with van der Waals surface area (Å²) in [6, 6.07) is 15.1. The van der Waals surface area contributed by atoms with Crippen LogP contribution in [0.2, 0.25) is 0 Å². The molecule has 0 radical (unpaired) electrons. The van der Waals surface area contributed by atoms with Gasteiger partial charge in [0.2, 0.25) is 5.95 Å². The van der Waals surface area contributed by atoms with Gasteiger partial charge >= 0.3 is 0 Å². The van der Waals surface area contributed by atoms with Crippen LogP contribution in [0, 0.1) is 6.92 Å². The van der Waals surface area contributed by atoms with Crippen LogP contribution in [0.5, 0.6) is 5.75 Å². The molecule has 9 heteroatoms. The van der Waals surface area contributed by atoms with Crippen molar-refractivity contribution >= 4 is 11.6 Å². The molecule has 1 aliphatic rings. The number of nitrogens with one attached hydrogen (secondary N) is 2. The van der Waals surface area contributed by atoms with Crippen molar-refractivity contribution in [1.29, 1.82) is 0 Å². The zero-order valence-electron chi connectivity index (χ0n) is 15.7. The highest BCUT2D eigenvalue weighted by Gasteiger charge is 2.34. The molecule has 2 aromatic heterocycles. The summed E-state index contributed by atoms with van der Waals surface area (Å²) in [7, 11) is 1.61. The maximum absolute atomic E-state index is 12.7. The van der Waals surface area contributed by atoms with Gasteiger partial charge in [-0.3, -0.25) is 4.79 Å². The highest BCUT2D eigenvalue weighted by Crippen LogP contribution is 2.41. The van der Waals surface area contributed by atoms with Crippen LogP contribution in [-0.2, 0) is 0 Å². The minimum absolute atomic E-state index is 0.335. The van der Waals surface area contributed by atoms with E-state index in [0.717, 1.165) is 16.7 Å². The van der Waals surface area contributed by atoms with E-state index in [-0.39, 0.29) is 5.56 Å². The lowest BCUT2D eigenvalue weighted by molar-refractivity contribution is 0.413. The molecule has 9 nitrogen and oxygen atoms in total. The van der Waals surface area contributed by atoms with Gasteiger partial charge < -0.3 is 10.1 Å². The van der Waals surface area contributed by atoms with E-state index in [2.05, 4.69) is 31.0 Å². The third-order valence-corrected chi connectivity index (χ3v) is 5.00. The Labute approximate surface area is 165 Å². The molecular formula is C20H17N7O2. The van der Waals surface area contributed by atoms with Crippen molar-refractivity contribution in [2.75, 3.05) is 12.4 Å². The zero-order chi connectivity index (χ0) is 20.0. The summed E-state index contributed by atoms with van der Waals surface area (Å²) in [5, 5.41) is 22.0. The third-order valence-electron chi connectivity index (χ3n) is 5.00. The van der Waals surface area contributed by atoms with Gasteiger partial charge in [0.1, 0.15) is 17.5 Å². The molecule has 1 atom stereocenters. The number of aromatic amines is 1. The number of nitrogens with zero attached hydrogens (tertiary/aromatic N) is 5. The van der Waals surface area contributed by atoms with Gasteiger partial charge in [-0.2, -0.15) is 9.78 Å². The number of methoxy groups -OCH3 is 1. The summed E-state index contributed by atoms with van der Waals surface area (Å²) in [5.74, 6) is 1.09. The fraction of sp³-hybridized carbons (Fsp3) is 0.150. The maximum atomic E-state index is 12.7. The molecular weight excluding hydrogens is 370 g/mol. The Hall–Kier alpha value is -4.01. The van der Waals surface area contributed by atoms with Crippen LogP contribution in [0.3, 0.4) is 0 Å². The first-order valence-electron chi connectivity index (χ1n) is 9.04. The second kappa shape index (κ2) is 6.55. The number of benzene rings is 2. The number of H-pyrrole nitrogens is 1. The molecule has 2 N–H and O–H groups in total. The fourth-order valence-electron chi connectivity index (χ4n) is 3.59. The second-order valence-electron chi connectivity index (χ2n) is 6.81. The molecule has 0 unspecified atom stereocenters. The minimum atomic E-state index is -0.447. The standard InChI is InChI=1S/C20H17N7O2/c1-11-6-8-12(9-7-11)16-15-17(19(28)23-22-16)21-20-24-25-26-27(20)18(15)13-4-3-5-14(10-13)29-2/h3-10,18H,1-2H3,(H,23,28)(H,21,24,26)/t18-/m0/s1. The van der Waals surface area contributed by atoms with E-state index in [1.54, 1.807) is 11.8 Å². The van der Waals surface area contributed by atoms with Crippen molar-refractivity contribution in [3.05, 3.63) is 75.6 Å². The summed E-state index contributed by atoms with van der Waals surface area (Å²) < 4.78 is 7.04. The monoisotopic (exact) mass is 387 g/mol. The Bertz CT molecular complexity index is 1260. The Balaban J connectivity index is 1.81. The van der Waals surface area contributed by atoms with Gasteiger partial charge in [0.25, 0.3) is 5.56 Å². The van der Waals surface area contributed by atoms with Crippen molar-refractivity contribution in [2.24, 2.45) is 0 Å². The summed E-state index contributed by atoms with van der Waals surface area (Å²) in [6.07, 6.45) is 0. The molecule has 4 aromatic rings. The molecule has 5 rings (SSSR count). The topological polar surface area (TPSA) is 111 Å². The van der Waals surface area contributed by atoms with Crippen molar-refractivity contribution in [3.63, 3.8) is 0 Å². The smallest absolute Gasteiger partial charge is 0.288 e. The summed E-state index contributed by atoms with van der Waals surface area (Å²) in [5.41, 5.74) is 4.29. The van der Waals surface area contributed by atoms with Crippen LogP contribution < -0.4 is 15.6 Å². The number of hydrogen-bond acceptors (Lipinski definition) is 7. The lowest BCUT2D eigenvalue weighted by Gasteiger charge is -2.28. The van der Waals surface area contributed by atoms with E-state index in [1.807, 2.05) is 55.5 Å². The quantitative estimate of drug-likeness (QED) is 0.489. The van der Waals surface area contributed by atoms with Crippen LogP contribution in [0.1, 0.15) is 22.7 Å². The molecule has 0 amide bonds. The van der Waals surface area contributed by atoms with E-state index < -0.39 is 6.04 Å². The average molecular weight is 387 g/mol. The first-order valence-corrected chi connectivity index (χ1v) is 9.04. The van der Waals surface area contributed by atoms with Crippen LogP contribution >= 0.6 is 0 Å². The third kappa shape index (κ3) is 2.75. The number of aromatic nitrogens is 6. The molecule has 0 saturated carbocycles. The van der Waals surface area contributed by atoms with Gasteiger partial charge in [-0.25, -0.2) is 5.10 Å². The molecule has 0 bridgehead atoms. The van der Waals surface area contributed by atoms with Gasteiger partial charge in [-0.15, -0.1) is 0 Å². The number of aryl methyl sites for hydroxylation is 1. The van der Waals surface area contributed by atoms with Crippen LogP contribution in [-0.4, -0.2) is 37.5 Å². The average Bonchev–Trinajstić information content (AvgIpc) is 3.22. The van der Waals surface area contributed by atoms with Crippen LogP contribution in [0.4, 0.5) is 11.6 Å². The van der Waals surface area contributed by atoms with Gasteiger partial charge in [-0.1, -0.05) is 47.1 Å². The minimum Gasteiger partial charge on any atom is -0.497 e. The molecule has 0 fully saturated rings. The van der Waals surface area contributed by atoms with E-state index >= 15 is 0 Å². The molecule has 29 heavy (non-hydrogen) atoms. The molecule has 3 heterocycles. The summed E-state index contributed by atoms with van der Waals surface area (Å²) in [6.45, 7) is 2.02. The molecule has 1 aliphatic heterocycles. The molecule has 0 aliphatic carbocycles. The predicted octanol–water partition coefficient (Wildman–Crippen LogP) is 2.44. The summed E-state index contributed by atoms with van der Waals surface area (Å²) in [4.78, 5) is 12.7. The number of hydrogen-bond donors (Lipinski definition) is 2. The number of tetrazole rings is 1. The molecule has 2 aromatic carbocycles. The fourth-order valence-corrected chi connectivity index (χ4v) is 3.59. The van der Waals surface area contributed by atoms with Crippen LogP contribution in [0.15, 0.2) is 53.3 Å². The Morgan fingerprint density at radius 3 is 2.76 bits per heavy atom. The second-order valence-corrected chi connectivity index (χ2v) is 6.81. The normalized spacial score (nSPS) is 14.6. The highest BCUT2D eigenvalue weighted by molar-refractivity contribution is 5.75. The maximum Gasteiger partial charge on any atom is 0.288 e. The van der Waals surface area contributed by atoms with Crippen molar-refractivity contribution in [1.82, 2.24) is 30.4 Å². The Morgan fingerprint density at radius 2 is 1.97 bits per heavy atom. The van der Waals surface area contributed by atoms with Crippen molar-refractivity contribution < 1.29 is 4.74 Å². The Kier molecular flexibility index (Phi) is 3.87. The number of rotatable bonds is 3. The number of anilines is 2. The molecule has 0 spiro atoms. The molecule has 0 saturated heterocycles. The van der Waals surface area contributed by atoms with Gasteiger partial charge in [-0.05, 0) is 35.0 Å². The summed E-state index contributed by atoms with van der Waals surface area (Å²) >= 11 is 0. The largest absolute Gasteiger partial charge is 0.497 e. The lowest BCUT2D eigenvalue weighted by atomic mass is 9.92. The lowest BCUT2D eigenvalue weighted by Crippen LogP contribution is -2.29.